The van der Waals surface area contributed by atoms with Gasteiger partial charge in [0.15, 0.2) is 0 Å². The second-order valence-corrected chi connectivity index (χ2v) is 6.30. The largest absolute Gasteiger partial charge is 0.396 e. The minimum Gasteiger partial charge on any atom is -0.396 e. The predicted octanol–water partition coefficient (Wildman–Crippen LogP) is 5.04. The molecule has 1 N–H and O–H groups in total. The molecule has 0 fully saturated rings. The number of para-hydroxylation sites is 1. The molecular weight excluding hydrogens is 313 g/mol. The summed E-state index contributed by atoms with van der Waals surface area (Å²) < 4.78 is 13.9. The zero-order valence-electron chi connectivity index (χ0n) is 14.0. The summed E-state index contributed by atoms with van der Waals surface area (Å²) in [6, 6.07) is 17.1. The summed E-state index contributed by atoms with van der Waals surface area (Å²) >= 11 is 0. The first-order valence-corrected chi connectivity index (χ1v) is 8.35. The highest BCUT2D eigenvalue weighted by atomic mass is 19.1. The molecule has 0 amide bonds. The first-order valence-electron chi connectivity index (χ1n) is 8.35. The second-order valence-electron chi connectivity index (χ2n) is 6.30. The molecule has 0 radical (unpaired) electrons. The van der Waals surface area contributed by atoms with E-state index in [1.807, 2.05) is 43.5 Å². The smallest absolute Gasteiger partial charge is 0.123 e. The van der Waals surface area contributed by atoms with E-state index in [1.54, 1.807) is 6.07 Å². The Morgan fingerprint density at radius 2 is 1.84 bits per heavy atom. The van der Waals surface area contributed by atoms with Crippen LogP contribution in [0.3, 0.4) is 0 Å². The van der Waals surface area contributed by atoms with E-state index in [-0.39, 0.29) is 12.4 Å². The topological polar surface area (TPSA) is 33.1 Å². The van der Waals surface area contributed by atoms with Crippen LogP contribution in [0.5, 0.6) is 0 Å². The SMILES string of the molecule is Cc1cc(-c2cnc3ccccc3c2)c2ccc(F)cc2c1CCO. The maximum absolute atomic E-state index is 13.9. The molecule has 1 heterocycles. The van der Waals surface area contributed by atoms with Crippen molar-refractivity contribution in [1.29, 1.82) is 0 Å². The number of halogens is 1. The molecule has 0 saturated carbocycles. The van der Waals surface area contributed by atoms with Gasteiger partial charge in [-0.25, -0.2) is 4.39 Å². The van der Waals surface area contributed by atoms with Gasteiger partial charge in [-0.1, -0.05) is 30.3 Å². The summed E-state index contributed by atoms with van der Waals surface area (Å²) in [5, 5.41) is 12.3. The summed E-state index contributed by atoms with van der Waals surface area (Å²) in [5.41, 5.74) is 5.04. The van der Waals surface area contributed by atoms with Crippen LogP contribution in [0.25, 0.3) is 32.8 Å². The van der Waals surface area contributed by atoms with Gasteiger partial charge in [0.05, 0.1) is 5.52 Å². The normalized spacial score (nSPS) is 11.3. The van der Waals surface area contributed by atoms with E-state index in [0.717, 1.165) is 43.9 Å². The Hall–Kier alpha value is -2.78. The maximum atomic E-state index is 13.9. The minimum absolute atomic E-state index is 0.0450. The van der Waals surface area contributed by atoms with Crippen molar-refractivity contribution in [2.45, 2.75) is 13.3 Å². The molecule has 3 aromatic carbocycles. The van der Waals surface area contributed by atoms with Gasteiger partial charge in [0, 0.05) is 23.8 Å². The van der Waals surface area contributed by atoms with Crippen LogP contribution in [0, 0.1) is 12.7 Å². The molecule has 0 saturated heterocycles. The summed E-state index contributed by atoms with van der Waals surface area (Å²) in [4.78, 5) is 4.56. The number of aromatic nitrogens is 1. The third kappa shape index (κ3) is 2.77. The van der Waals surface area contributed by atoms with Gasteiger partial charge in [-0.2, -0.15) is 0 Å². The highest BCUT2D eigenvalue weighted by molar-refractivity contribution is 6.00. The van der Waals surface area contributed by atoms with E-state index < -0.39 is 0 Å². The lowest BCUT2D eigenvalue weighted by Gasteiger charge is -2.15. The zero-order chi connectivity index (χ0) is 17.4. The molecule has 4 rings (SSSR count). The van der Waals surface area contributed by atoms with Gasteiger partial charge < -0.3 is 5.11 Å². The van der Waals surface area contributed by atoms with Crippen LogP contribution < -0.4 is 0 Å². The first kappa shape index (κ1) is 15.7. The summed E-state index contributed by atoms with van der Waals surface area (Å²) in [6.07, 6.45) is 2.38. The number of hydrogen-bond acceptors (Lipinski definition) is 2. The number of aryl methyl sites for hydroxylation is 1. The van der Waals surface area contributed by atoms with Crippen LogP contribution >= 0.6 is 0 Å². The van der Waals surface area contributed by atoms with Crippen molar-refractivity contribution in [3.8, 4) is 11.1 Å². The Bertz CT molecular complexity index is 1090. The average molecular weight is 331 g/mol. The molecule has 0 unspecified atom stereocenters. The summed E-state index contributed by atoms with van der Waals surface area (Å²) in [6.45, 7) is 2.05. The van der Waals surface area contributed by atoms with Crippen LogP contribution in [-0.2, 0) is 6.42 Å². The van der Waals surface area contributed by atoms with Crippen LogP contribution in [-0.4, -0.2) is 16.7 Å². The minimum atomic E-state index is -0.264. The fourth-order valence-corrected chi connectivity index (χ4v) is 3.50. The van der Waals surface area contributed by atoms with Crippen LogP contribution in [0.1, 0.15) is 11.1 Å². The standard InChI is InChI=1S/C22H18FNO/c1-14-10-20(16-11-15-4-2-3-5-22(15)24-13-16)19-7-6-17(23)12-21(19)18(14)8-9-25/h2-7,10-13,25H,8-9H2,1H3. The summed E-state index contributed by atoms with van der Waals surface area (Å²) in [7, 11) is 0. The number of benzene rings is 3. The van der Waals surface area contributed by atoms with Gasteiger partial charge in [-0.05, 0) is 65.1 Å². The number of nitrogens with zero attached hydrogens (tertiary/aromatic N) is 1. The van der Waals surface area contributed by atoms with E-state index in [4.69, 9.17) is 0 Å². The Labute approximate surface area is 145 Å². The first-order chi connectivity index (χ1) is 12.2. The number of aliphatic hydroxyl groups is 1. The Kier molecular flexibility index (Phi) is 3.94. The quantitative estimate of drug-likeness (QED) is 0.571. The van der Waals surface area contributed by atoms with E-state index in [1.165, 1.54) is 6.07 Å². The molecule has 0 bridgehead atoms. The van der Waals surface area contributed by atoms with Gasteiger partial charge in [-0.3, -0.25) is 4.98 Å². The van der Waals surface area contributed by atoms with Crippen LogP contribution in [0.2, 0.25) is 0 Å². The Balaban J connectivity index is 2.02. The monoisotopic (exact) mass is 331 g/mol. The van der Waals surface area contributed by atoms with Crippen LogP contribution in [0.4, 0.5) is 4.39 Å². The van der Waals surface area contributed by atoms with Gasteiger partial charge >= 0.3 is 0 Å². The maximum Gasteiger partial charge on any atom is 0.123 e. The summed E-state index contributed by atoms with van der Waals surface area (Å²) in [5.74, 6) is -0.264. The second kappa shape index (κ2) is 6.26. The number of fused-ring (bicyclic) bond motifs is 2. The van der Waals surface area contributed by atoms with E-state index >= 15 is 0 Å². The van der Waals surface area contributed by atoms with E-state index in [0.29, 0.717) is 6.42 Å². The molecule has 0 aliphatic carbocycles. The third-order valence-corrected chi connectivity index (χ3v) is 4.70. The fraction of sp³-hybridized carbons (Fsp3) is 0.136. The van der Waals surface area contributed by atoms with Crippen molar-refractivity contribution in [1.82, 2.24) is 4.98 Å². The lowest BCUT2D eigenvalue weighted by atomic mass is 9.90. The molecule has 0 atom stereocenters. The third-order valence-electron chi connectivity index (χ3n) is 4.70. The van der Waals surface area contributed by atoms with Gasteiger partial charge in [0.2, 0.25) is 0 Å². The van der Waals surface area contributed by atoms with E-state index in [2.05, 4.69) is 17.1 Å². The van der Waals surface area contributed by atoms with Crippen molar-refractivity contribution in [2.24, 2.45) is 0 Å². The zero-order valence-corrected chi connectivity index (χ0v) is 14.0. The number of hydrogen-bond donors (Lipinski definition) is 1. The van der Waals surface area contributed by atoms with Crippen LogP contribution in [0.15, 0.2) is 60.8 Å². The van der Waals surface area contributed by atoms with Crippen molar-refractivity contribution in [2.75, 3.05) is 6.61 Å². The molecule has 0 aliphatic rings. The molecule has 4 aromatic rings. The number of aliphatic hydroxyl groups excluding tert-OH is 1. The van der Waals surface area contributed by atoms with Crippen molar-refractivity contribution in [3.05, 3.63) is 77.7 Å². The number of pyridine rings is 1. The molecule has 3 heteroatoms. The predicted molar refractivity (Wildman–Crippen MR) is 100 cm³/mol. The highest BCUT2D eigenvalue weighted by Gasteiger charge is 2.12. The number of rotatable bonds is 3. The lowest BCUT2D eigenvalue weighted by Crippen LogP contribution is -1.98. The van der Waals surface area contributed by atoms with Crippen molar-refractivity contribution in [3.63, 3.8) is 0 Å². The molecule has 0 spiro atoms. The molecule has 124 valence electrons. The fourth-order valence-electron chi connectivity index (χ4n) is 3.50. The molecule has 1 aromatic heterocycles. The van der Waals surface area contributed by atoms with Gasteiger partial charge in [0.1, 0.15) is 5.82 Å². The Morgan fingerprint density at radius 1 is 1.00 bits per heavy atom. The molecule has 0 aliphatic heterocycles. The molecule has 25 heavy (non-hydrogen) atoms. The lowest BCUT2D eigenvalue weighted by molar-refractivity contribution is 0.300. The van der Waals surface area contributed by atoms with Crippen molar-refractivity contribution < 1.29 is 9.50 Å². The average Bonchev–Trinajstić information content (AvgIpc) is 2.63. The van der Waals surface area contributed by atoms with Crippen molar-refractivity contribution >= 4 is 21.7 Å². The Morgan fingerprint density at radius 3 is 2.68 bits per heavy atom. The van der Waals surface area contributed by atoms with Gasteiger partial charge in [0.25, 0.3) is 0 Å². The molecular formula is C22H18FNO. The van der Waals surface area contributed by atoms with E-state index in [9.17, 15) is 9.50 Å². The van der Waals surface area contributed by atoms with Gasteiger partial charge in [-0.15, -0.1) is 0 Å². The highest BCUT2D eigenvalue weighted by Crippen LogP contribution is 2.34. The molecule has 2 nitrogen and oxygen atoms in total.